The summed E-state index contributed by atoms with van der Waals surface area (Å²) in [6.45, 7) is 1.91. The lowest BCUT2D eigenvalue weighted by atomic mass is 10.1. The molecule has 0 radical (unpaired) electrons. The minimum atomic E-state index is -0.658. The highest BCUT2D eigenvalue weighted by Crippen LogP contribution is 2.36. The standard InChI is InChI=1S/C30H22ClN5O2S/c1-19-16-17-21(18-24(19)31)32-27(37)26(20-10-4-2-5-11-20)39-30-34-33-29-35(22-12-6-3-7-13-22)28(38)23-14-8-9-15-25(23)36(29)30/h2-18,26H,1H3,(H,32,37)/t26-/m0/s1. The maximum absolute atomic E-state index is 13.7. The monoisotopic (exact) mass is 551 g/mol. The first kappa shape index (κ1) is 24.9. The second-order valence-electron chi connectivity index (χ2n) is 8.97. The molecule has 0 saturated heterocycles. The lowest BCUT2D eigenvalue weighted by molar-refractivity contribution is -0.115. The molecule has 0 saturated carbocycles. The van der Waals surface area contributed by atoms with Gasteiger partial charge in [0, 0.05) is 10.7 Å². The number of rotatable bonds is 6. The van der Waals surface area contributed by atoms with Crippen LogP contribution in [-0.4, -0.2) is 25.1 Å². The second kappa shape index (κ2) is 10.4. The zero-order chi connectivity index (χ0) is 26.9. The lowest BCUT2D eigenvalue weighted by Crippen LogP contribution is -2.22. The zero-order valence-corrected chi connectivity index (χ0v) is 22.4. The summed E-state index contributed by atoms with van der Waals surface area (Å²) in [7, 11) is 0. The minimum absolute atomic E-state index is 0.193. The van der Waals surface area contributed by atoms with Crippen LogP contribution in [0.4, 0.5) is 5.69 Å². The third-order valence-electron chi connectivity index (χ3n) is 6.41. The molecule has 0 aliphatic rings. The van der Waals surface area contributed by atoms with Gasteiger partial charge in [-0.2, -0.15) is 0 Å². The molecule has 0 fully saturated rings. The number of carbonyl (C=O) groups excluding carboxylic acids is 1. The summed E-state index contributed by atoms with van der Waals surface area (Å²) in [5.41, 5.74) is 3.48. The Labute approximate surface area is 233 Å². The number of amides is 1. The molecule has 9 heteroatoms. The highest BCUT2D eigenvalue weighted by molar-refractivity contribution is 8.00. The molecule has 1 atom stereocenters. The van der Waals surface area contributed by atoms with Crippen molar-refractivity contribution < 1.29 is 4.79 Å². The Hall–Kier alpha value is -4.40. The molecule has 2 heterocycles. The van der Waals surface area contributed by atoms with Gasteiger partial charge in [-0.25, -0.2) is 4.57 Å². The van der Waals surface area contributed by atoms with E-state index in [0.29, 0.717) is 38.2 Å². The molecule has 1 amide bonds. The predicted molar refractivity (Wildman–Crippen MR) is 156 cm³/mol. The lowest BCUT2D eigenvalue weighted by Gasteiger charge is -2.17. The molecule has 2 aromatic heterocycles. The molecule has 7 nitrogen and oxygen atoms in total. The quantitative estimate of drug-likeness (QED) is 0.240. The van der Waals surface area contributed by atoms with Crippen LogP contribution >= 0.6 is 23.4 Å². The van der Waals surface area contributed by atoms with Crippen molar-refractivity contribution in [2.75, 3.05) is 5.32 Å². The number of anilines is 1. The number of aryl methyl sites for hydroxylation is 1. The van der Waals surface area contributed by atoms with Crippen molar-refractivity contribution in [2.24, 2.45) is 0 Å². The molecule has 0 aliphatic heterocycles. The molecule has 0 aliphatic carbocycles. The number of para-hydroxylation sites is 2. The number of nitrogens with one attached hydrogen (secondary N) is 1. The van der Waals surface area contributed by atoms with Crippen molar-refractivity contribution in [3.05, 3.63) is 130 Å². The van der Waals surface area contributed by atoms with Crippen LogP contribution in [0.5, 0.6) is 0 Å². The fourth-order valence-corrected chi connectivity index (χ4v) is 5.67. The molecule has 1 N–H and O–H groups in total. The first-order valence-electron chi connectivity index (χ1n) is 12.2. The number of hydrogen-bond acceptors (Lipinski definition) is 5. The normalized spacial score (nSPS) is 12.1. The van der Waals surface area contributed by atoms with Gasteiger partial charge < -0.3 is 5.32 Å². The van der Waals surface area contributed by atoms with Crippen LogP contribution in [0.15, 0.2) is 113 Å². The van der Waals surface area contributed by atoms with Crippen molar-refractivity contribution in [3.63, 3.8) is 0 Å². The first-order valence-corrected chi connectivity index (χ1v) is 13.5. The summed E-state index contributed by atoms with van der Waals surface area (Å²) in [6.07, 6.45) is 0. The smallest absolute Gasteiger partial charge is 0.267 e. The van der Waals surface area contributed by atoms with Gasteiger partial charge in [-0.15, -0.1) is 10.2 Å². The van der Waals surface area contributed by atoms with Gasteiger partial charge in [0.15, 0.2) is 5.16 Å². The highest BCUT2D eigenvalue weighted by atomic mass is 35.5. The Kier molecular flexibility index (Phi) is 6.64. The molecule has 6 aromatic rings. The molecule has 6 rings (SSSR count). The van der Waals surface area contributed by atoms with E-state index in [-0.39, 0.29) is 11.5 Å². The van der Waals surface area contributed by atoms with E-state index < -0.39 is 5.25 Å². The predicted octanol–water partition coefficient (Wildman–Crippen LogP) is 6.47. The third kappa shape index (κ3) is 4.69. The molecular formula is C30H22ClN5O2S. The Morgan fingerprint density at radius 3 is 2.33 bits per heavy atom. The van der Waals surface area contributed by atoms with Crippen molar-refractivity contribution in [1.29, 1.82) is 0 Å². The average Bonchev–Trinajstić information content (AvgIpc) is 3.38. The maximum Gasteiger partial charge on any atom is 0.267 e. The van der Waals surface area contributed by atoms with Crippen LogP contribution < -0.4 is 10.9 Å². The van der Waals surface area contributed by atoms with Gasteiger partial charge in [0.05, 0.1) is 16.6 Å². The number of nitrogens with zero attached hydrogens (tertiary/aromatic N) is 4. The highest BCUT2D eigenvalue weighted by Gasteiger charge is 2.27. The average molecular weight is 552 g/mol. The van der Waals surface area contributed by atoms with Crippen LogP contribution in [-0.2, 0) is 4.79 Å². The Bertz CT molecular complexity index is 1890. The SMILES string of the molecule is Cc1ccc(NC(=O)[C@@H](Sc2nnc3n(-c4ccccc4)c(=O)c4ccccc4n23)c2ccccc2)cc1Cl. The molecule has 0 unspecified atom stereocenters. The Morgan fingerprint density at radius 2 is 1.59 bits per heavy atom. The van der Waals surface area contributed by atoms with E-state index in [0.717, 1.165) is 11.1 Å². The fourth-order valence-electron chi connectivity index (χ4n) is 4.45. The van der Waals surface area contributed by atoms with Gasteiger partial charge in [-0.1, -0.05) is 90.1 Å². The Balaban J connectivity index is 1.49. The van der Waals surface area contributed by atoms with Crippen LogP contribution in [0.1, 0.15) is 16.4 Å². The van der Waals surface area contributed by atoms with Gasteiger partial charge in [0.25, 0.3) is 5.56 Å². The summed E-state index contributed by atoms with van der Waals surface area (Å²) in [5.74, 6) is 0.133. The first-order chi connectivity index (χ1) is 19.0. The second-order valence-corrected chi connectivity index (χ2v) is 10.5. The van der Waals surface area contributed by atoms with Crippen molar-refractivity contribution in [2.45, 2.75) is 17.3 Å². The van der Waals surface area contributed by atoms with Gasteiger partial charge in [-0.05, 0) is 54.4 Å². The van der Waals surface area contributed by atoms with E-state index in [1.807, 2.05) is 102 Å². The molecule has 4 aromatic carbocycles. The topological polar surface area (TPSA) is 81.3 Å². The van der Waals surface area contributed by atoms with Crippen molar-refractivity contribution in [3.8, 4) is 5.69 Å². The Morgan fingerprint density at radius 1 is 0.897 bits per heavy atom. The summed E-state index contributed by atoms with van der Waals surface area (Å²) in [5, 5.41) is 12.8. The summed E-state index contributed by atoms with van der Waals surface area (Å²) in [4.78, 5) is 27.2. The van der Waals surface area contributed by atoms with Gasteiger partial charge in [0.1, 0.15) is 5.25 Å². The minimum Gasteiger partial charge on any atom is -0.325 e. The number of hydrogen-bond donors (Lipinski definition) is 1. The summed E-state index contributed by atoms with van der Waals surface area (Å²) < 4.78 is 3.38. The molecular weight excluding hydrogens is 530 g/mol. The number of benzene rings is 4. The molecule has 0 bridgehead atoms. The van der Waals surface area contributed by atoms with Crippen LogP contribution in [0.3, 0.4) is 0 Å². The fraction of sp³-hybridized carbons (Fsp3) is 0.0667. The van der Waals surface area contributed by atoms with E-state index >= 15 is 0 Å². The molecule has 0 spiro atoms. The van der Waals surface area contributed by atoms with Crippen molar-refractivity contribution in [1.82, 2.24) is 19.2 Å². The number of halogens is 1. The van der Waals surface area contributed by atoms with E-state index in [9.17, 15) is 9.59 Å². The number of carbonyl (C=O) groups is 1. The van der Waals surface area contributed by atoms with Gasteiger partial charge >= 0.3 is 0 Å². The van der Waals surface area contributed by atoms with Crippen LogP contribution in [0, 0.1) is 6.92 Å². The number of aromatic nitrogens is 4. The zero-order valence-electron chi connectivity index (χ0n) is 20.8. The number of fused-ring (bicyclic) bond motifs is 3. The van der Waals surface area contributed by atoms with E-state index in [4.69, 9.17) is 11.6 Å². The van der Waals surface area contributed by atoms with E-state index in [2.05, 4.69) is 15.5 Å². The molecule has 192 valence electrons. The summed E-state index contributed by atoms with van der Waals surface area (Å²) >= 11 is 7.57. The number of thioether (sulfide) groups is 1. The van der Waals surface area contributed by atoms with Crippen LogP contribution in [0.2, 0.25) is 5.02 Å². The van der Waals surface area contributed by atoms with Crippen molar-refractivity contribution >= 4 is 51.6 Å². The molecule has 39 heavy (non-hydrogen) atoms. The van der Waals surface area contributed by atoms with E-state index in [1.165, 1.54) is 11.8 Å². The summed E-state index contributed by atoms with van der Waals surface area (Å²) in [6, 6.07) is 31.6. The van der Waals surface area contributed by atoms with E-state index in [1.54, 1.807) is 16.7 Å². The van der Waals surface area contributed by atoms with Gasteiger partial charge in [-0.3, -0.25) is 14.0 Å². The van der Waals surface area contributed by atoms with Crippen LogP contribution in [0.25, 0.3) is 22.4 Å². The van der Waals surface area contributed by atoms with Gasteiger partial charge in [0.2, 0.25) is 11.7 Å². The third-order valence-corrected chi connectivity index (χ3v) is 8.02. The largest absolute Gasteiger partial charge is 0.325 e. The maximum atomic E-state index is 13.7.